The molecule has 72 valence electrons. The molecular formula is C8H14N4O. The van der Waals surface area contributed by atoms with Crippen molar-refractivity contribution < 1.29 is 5.11 Å². The molecule has 13 heavy (non-hydrogen) atoms. The lowest BCUT2D eigenvalue weighted by molar-refractivity contribution is 0.180. The van der Waals surface area contributed by atoms with E-state index in [0.29, 0.717) is 5.69 Å². The summed E-state index contributed by atoms with van der Waals surface area (Å²) in [5.74, 6) is 0. The Labute approximate surface area is 76.5 Å². The fourth-order valence-electron chi connectivity index (χ4n) is 1.71. The topological polar surface area (TPSA) is 77.0 Å². The highest BCUT2D eigenvalue weighted by molar-refractivity contribution is 5.14. The van der Waals surface area contributed by atoms with Crippen molar-refractivity contribution in [2.24, 2.45) is 5.73 Å². The quantitative estimate of drug-likeness (QED) is 0.653. The highest BCUT2D eigenvalue weighted by atomic mass is 16.3. The molecule has 0 fully saturated rings. The van der Waals surface area contributed by atoms with Crippen molar-refractivity contribution in [2.45, 2.75) is 31.9 Å². The van der Waals surface area contributed by atoms with Crippen LogP contribution in [-0.2, 0) is 13.0 Å². The van der Waals surface area contributed by atoms with Crippen LogP contribution in [0.25, 0.3) is 0 Å². The van der Waals surface area contributed by atoms with E-state index in [-0.39, 0.29) is 6.54 Å². The fourth-order valence-corrected chi connectivity index (χ4v) is 1.71. The number of nitrogens with zero attached hydrogens (tertiary/aromatic N) is 3. The molecule has 0 saturated carbocycles. The molecule has 0 radical (unpaired) electrons. The lowest BCUT2D eigenvalue weighted by atomic mass is 10.1. The van der Waals surface area contributed by atoms with Crippen molar-refractivity contribution in [1.82, 2.24) is 15.0 Å². The first kappa shape index (κ1) is 8.65. The van der Waals surface area contributed by atoms with Gasteiger partial charge in [-0.3, -0.25) is 0 Å². The van der Waals surface area contributed by atoms with Crippen molar-refractivity contribution in [1.29, 1.82) is 0 Å². The number of aliphatic hydroxyl groups is 1. The Hall–Kier alpha value is -0.940. The van der Waals surface area contributed by atoms with Gasteiger partial charge >= 0.3 is 0 Å². The molecule has 3 N–H and O–H groups in total. The summed E-state index contributed by atoms with van der Waals surface area (Å²) in [6, 6.07) is 0. The first-order valence-electron chi connectivity index (χ1n) is 4.63. The minimum atomic E-state index is -0.651. The van der Waals surface area contributed by atoms with Gasteiger partial charge in [-0.05, 0) is 19.3 Å². The van der Waals surface area contributed by atoms with Gasteiger partial charge in [0.2, 0.25) is 0 Å². The van der Waals surface area contributed by atoms with E-state index < -0.39 is 6.10 Å². The molecule has 0 saturated heterocycles. The van der Waals surface area contributed by atoms with Gasteiger partial charge in [0.15, 0.2) is 0 Å². The molecule has 1 aromatic heterocycles. The Morgan fingerprint density at radius 2 is 2.38 bits per heavy atom. The third-order valence-electron chi connectivity index (χ3n) is 2.44. The van der Waals surface area contributed by atoms with Gasteiger partial charge in [-0.25, -0.2) is 4.68 Å². The molecule has 5 heteroatoms. The average molecular weight is 182 g/mol. The summed E-state index contributed by atoms with van der Waals surface area (Å²) in [6.45, 7) is 1.13. The Bertz CT molecular complexity index is 296. The molecule has 1 aliphatic rings. The summed E-state index contributed by atoms with van der Waals surface area (Å²) in [6.07, 6.45) is 2.60. The minimum absolute atomic E-state index is 0.214. The summed E-state index contributed by atoms with van der Waals surface area (Å²) in [5.41, 5.74) is 7.10. The molecule has 1 atom stereocenters. The van der Waals surface area contributed by atoms with Gasteiger partial charge in [-0.15, -0.1) is 5.10 Å². The van der Waals surface area contributed by atoms with Gasteiger partial charge in [0.25, 0.3) is 0 Å². The molecule has 2 rings (SSSR count). The molecule has 0 aliphatic carbocycles. The summed E-state index contributed by atoms with van der Waals surface area (Å²) in [4.78, 5) is 0. The predicted octanol–water partition coefficient (Wildman–Crippen LogP) is -0.394. The van der Waals surface area contributed by atoms with Crippen LogP contribution in [0.4, 0.5) is 0 Å². The number of fused-ring (bicyclic) bond motifs is 1. The van der Waals surface area contributed by atoms with E-state index in [4.69, 9.17) is 5.73 Å². The molecule has 1 aliphatic heterocycles. The second-order valence-corrected chi connectivity index (χ2v) is 3.35. The summed E-state index contributed by atoms with van der Waals surface area (Å²) < 4.78 is 1.87. The van der Waals surface area contributed by atoms with Crippen molar-refractivity contribution in [3.63, 3.8) is 0 Å². The molecule has 5 nitrogen and oxygen atoms in total. The van der Waals surface area contributed by atoms with Crippen LogP contribution in [0.3, 0.4) is 0 Å². The molecule has 0 spiro atoms. The Morgan fingerprint density at radius 1 is 1.54 bits per heavy atom. The molecule has 0 amide bonds. The van der Waals surface area contributed by atoms with Crippen molar-refractivity contribution in [2.75, 3.05) is 6.54 Å². The minimum Gasteiger partial charge on any atom is -0.385 e. The standard InChI is InChI=1S/C8H14N4O/c9-5-7(13)8-6-3-1-2-4-12(6)11-10-8/h7,13H,1-5,9H2. The monoisotopic (exact) mass is 182 g/mol. The Morgan fingerprint density at radius 3 is 3.15 bits per heavy atom. The molecule has 1 aromatic rings. The Balaban J connectivity index is 2.31. The SMILES string of the molecule is NCC(O)c1nnn2c1CCCC2. The van der Waals surface area contributed by atoms with E-state index in [1.807, 2.05) is 4.68 Å². The lowest BCUT2D eigenvalue weighted by Crippen LogP contribution is -2.17. The first-order chi connectivity index (χ1) is 6.33. The number of aliphatic hydroxyl groups excluding tert-OH is 1. The first-order valence-corrected chi connectivity index (χ1v) is 4.63. The lowest BCUT2D eigenvalue weighted by Gasteiger charge is -2.14. The molecule has 2 heterocycles. The van der Waals surface area contributed by atoms with Crippen molar-refractivity contribution in [3.05, 3.63) is 11.4 Å². The normalized spacial score (nSPS) is 18.3. The largest absolute Gasteiger partial charge is 0.385 e. The molecule has 1 unspecified atom stereocenters. The van der Waals surface area contributed by atoms with E-state index in [2.05, 4.69) is 10.3 Å². The number of rotatable bonds is 2. The maximum atomic E-state index is 9.53. The third kappa shape index (κ3) is 1.45. The number of aromatic nitrogens is 3. The van der Waals surface area contributed by atoms with Gasteiger partial charge in [-0.2, -0.15) is 0 Å². The highest BCUT2D eigenvalue weighted by Crippen LogP contribution is 2.20. The van der Waals surface area contributed by atoms with E-state index in [1.165, 1.54) is 0 Å². The average Bonchev–Trinajstić information content (AvgIpc) is 2.60. The van der Waals surface area contributed by atoms with Crippen LogP contribution >= 0.6 is 0 Å². The molecule has 0 aromatic carbocycles. The zero-order valence-electron chi connectivity index (χ0n) is 7.48. The number of hydrogen-bond donors (Lipinski definition) is 2. The summed E-state index contributed by atoms with van der Waals surface area (Å²) in [7, 11) is 0. The second-order valence-electron chi connectivity index (χ2n) is 3.35. The van der Waals surface area contributed by atoms with Crippen LogP contribution in [0.1, 0.15) is 30.3 Å². The van der Waals surface area contributed by atoms with E-state index >= 15 is 0 Å². The fraction of sp³-hybridized carbons (Fsp3) is 0.750. The molecular weight excluding hydrogens is 168 g/mol. The van der Waals surface area contributed by atoms with Crippen LogP contribution in [0.15, 0.2) is 0 Å². The van der Waals surface area contributed by atoms with Gasteiger partial charge in [0.1, 0.15) is 11.8 Å². The van der Waals surface area contributed by atoms with Crippen LogP contribution in [0.5, 0.6) is 0 Å². The second kappa shape index (κ2) is 3.43. The molecule has 0 bridgehead atoms. The van der Waals surface area contributed by atoms with E-state index in [9.17, 15) is 5.11 Å². The number of hydrogen-bond acceptors (Lipinski definition) is 4. The smallest absolute Gasteiger partial charge is 0.116 e. The van der Waals surface area contributed by atoms with Crippen LogP contribution in [-0.4, -0.2) is 26.6 Å². The van der Waals surface area contributed by atoms with Crippen LogP contribution in [0.2, 0.25) is 0 Å². The third-order valence-corrected chi connectivity index (χ3v) is 2.44. The Kier molecular flexibility index (Phi) is 2.28. The number of aryl methyl sites for hydroxylation is 1. The van der Waals surface area contributed by atoms with Crippen molar-refractivity contribution >= 4 is 0 Å². The highest BCUT2D eigenvalue weighted by Gasteiger charge is 2.20. The maximum Gasteiger partial charge on any atom is 0.116 e. The number of nitrogens with two attached hydrogens (primary N) is 1. The summed E-state index contributed by atoms with van der Waals surface area (Å²) >= 11 is 0. The zero-order chi connectivity index (χ0) is 9.26. The van der Waals surface area contributed by atoms with Crippen LogP contribution in [0, 0.1) is 0 Å². The van der Waals surface area contributed by atoms with Crippen LogP contribution < -0.4 is 5.73 Å². The van der Waals surface area contributed by atoms with E-state index in [0.717, 1.165) is 31.5 Å². The van der Waals surface area contributed by atoms with Crippen molar-refractivity contribution in [3.8, 4) is 0 Å². The van der Waals surface area contributed by atoms with E-state index in [1.54, 1.807) is 0 Å². The van der Waals surface area contributed by atoms with Gasteiger partial charge in [0, 0.05) is 13.1 Å². The predicted molar refractivity (Wildman–Crippen MR) is 47.0 cm³/mol. The summed E-state index contributed by atoms with van der Waals surface area (Å²) in [5, 5.41) is 17.5. The zero-order valence-corrected chi connectivity index (χ0v) is 7.48. The van der Waals surface area contributed by atoms with Gasteiger partial charge < -0.3 is 10.8 Å². The van der Waals surface area contributed by atoms with Gasteiger partial charge in [0.05, 0.1) is 5.69 Å². The maximum absolute atomic E-state index is 9.53. The van der Waals surface area contributed by atoms with Gasteiger partial charge in [-0.1, -0.05) is 5.21 Å².